The highest BCUT2D eigenvalue weighted by molar-refractivity contribution is 6.03. The summed E-state index contributed by atoms with van der Waals surface area (Å²) >= 11 is 0. The third kappa shape index (κ3) is 7.51. The molecule has 4 rings (SSSR count). The first kappa shape index (κ1) is 28.0. The monoisotopic (exact) mass is 530 g/mol. The number of hydrogen-bond donors (Lipinski definition) is 2. The molecule has 0 aromatic heterocycles. The minimum Gasteiger partial charge on any atom is -0.345 e. The van der Waals surface area contributed by atoms with E-state index in [1.807, 2.05) is 12.1 Å². The number of hydrogen-bond acceptors (Lipinski definition) is 4. The quantitative estimate of drug-likeness (QED) is 0.359. The average molecular weight is 531 g/mol. The van der Waals surface area contributed by atoms with Gasteiger partial charge in [-0.15, -0.1) is 0 Å². The van der Waals surface area contributed by atoms with Gasteiger partial charge in [-0.3, -0.25) is 14.5 Å². The molecule has 0 bridgehead atoms. The van der Waals surface area contributed by atoms with Crippen molar-refractivity contribution >= 4 is 29.1 Å². The van der Waals surface area contributed by atoms with Crippen LogP contribution in [0.5, 0.6) is 0 Å². The van der Waals surface area contributed by atoms with Crippen molar-refractivity contribution in [3.8, 4) is 0 Å². The first-order valence-corrected chi connectivity index (χ1v) is 13.2. The summed E-state index contributed by atoms with van der Waals surface area (Å²) in [5, 5.41) is 5.70. The highest BCUT2D eigenvalue weighted by Crippen LogP contribution is 2.28. The minimum atomic E-state index is -0.454. The molecular formula is C31H35FN4O3. The van der Waals surface area contributed by atoms with Crippen LogP contribution in [-0.2, 0) is 13.0 Å². The number of halogens is 1. The van der Waals surface area contributed by atoms with Gasteiger partial charge in [-0.25, -0.2) is 9.18 Å². The van der Waals surface area contributed by atoms with Crippen LogP contribution in [0.15, 0.2) is 66.7 Å². The van der Waals surface area contributed by atoms with Crippen molar-refractivity contribution in [2.45, 2.75) is 32.7 Å². The number of urea groups is 1. The van der Waals surface area contributed by atoms with Gasteiger partial charge in [-0.05, 0) is 87.2 Å². The molecule has 1 saturated heterocycles. The lowest BCUT2D eigenvalue weighted by Crippen LogP contribution is -2.35. The Labute approximate surface area is 229 Å². The van der Waals surface area contributed by atoms with Crippen molar-refractivity contribution < 1.29 is 18.8 Å². The number of ketones is 1. The maximum absolute atomic E-state index is 13.3. The Morgan fingerprint density at radius 3 is 2.31 bits per heavy atom. The number of amides is 3. The number of nitrogens with one attached hydrogen (secondary N) is 2. The number of benzene rings is 3. The van der Waals surface area contributed by atoms with Gasteiger partial charge in [0.15, 0.2) is 5.78 Å². The molecule has 3 aromatic rings. The van der Waals surface area contributed by atoms with Gasteiger partial charge in [-0.2, -0.15) is 0 Å². The summed E-state index contributed by atoms with van der Waals surface area (Å²) in [5.74, 6) is 0.0776. The van der Waals surface area contributed by atoms with E-state index in [1.165, 1.54) is 24.0 Å². The Bertz CT molecular complexity index is 1330. The van der Waals surface area contributed by atoms with E-state index < -0.39 is 6.03 Å². The van der Waals surface area contributed by atoms with Crippen LogP contribution in [0.25, 0.3) is 0 Å². The maximum Gasteiger partial charge on any atom is 0.323 e. The summed E-state index contributed by atoms with van der Waals surface area (Å²) < 4.78 is 13.3. The zero-order chi connectivity index (χ0) is 27.9. The fraction of sp³-hybridized carbons (Fsp3) is 0.323. The number of likely N-dealkylation sites (tertiary alicyclic amines) is 1. The number of nitrogens with zero attached hydrogens (tertiary/aromatic N) is 2. The number of rotatable bonds is 8. The second kappa shape index (κ2) is 12.7. The van der Waals surface area contributed by atoms with Gasteiger partial charge in [0.2, 0.25) is 0 Å². The van der Waals surface area contributed by atoms with E-state index in [4.69, 9.17) is 0 Å². The van der Waals surface area contributed by atoms with Crippen LogP contribution in [0.3, 0.4) is 0 Å². The van der Waals surface area contributed by atoms with E-state index in [-0.39, 0.29) is 17.5 Å². The predicted octanol–water partition coefficient (Wildman–Crippen LogP) is 5.83. The van der Waals surface area contributed by atoms with Gasteiger partial charge in [0.05, 0.1) is 0 Å². The number of Topliss-reactive ketones (excluding diaryl/α,β-unsaturated/α-hetero) is 1. The molecular weight excluding hydrogens is 495 g/mol. The highest BCUT2D eigenvalue weighted by atomic mass is 19.1. The molecule has 0 spiro atoms. The third-order valence-corrected chi connectivity index (χ3v) is 7.11. The van der Waals surface area contributed by atoms with Gasteiger partial charge in [0, 0.05) is 48.7 Å². The third-order valence-electron chi connectivity index (χ3n) is 7.11. The second-order valence-corrected chi connectivity index (χ2v) is 10.3. The first-order chi connectivity index (χ1) is 18.7. The van der Waals surface area contributed by atoms with Gasteiger partial charge in [-0.1, -0.05) is 30.3 Å². The fourth-order valence-electron chi connectivity index (χ4n) is 4.94. The molecule has 0 radical (unpaired) electrons. The first-order valence-electron chi connectivity index (χ1n) is 13.2. The lowest BCUT2D eigenvalue weighted by molar-refractivity contribution is 0.0824. The molecule has 3 amide bonds. The van der Waals surface area contributed by atoms with E-state index in [9.17, 15) is 18.8 Å². The van der Waals surface area contributed by atoms with Crippen LogP contribution < -0.4 is 10.6 Å². The summed E-state index contributed by atoms with van der Waals surface area (Å²) in [4.78, 5) is 41.5. The molecule has 0 atom stereocenters. The predicted molar refractivity (Wildman–Crippen MR) is 152 cm³/mol. The van der Waals surface area contributed by atoms with E-state index in [0.717, 1.165) is 43.5 Å². The standard InChI is InChI=1S/C31H35FN4O3/c1-21(37)24-6-4-7-26(19-24)33-31(39)34-29-9-5-8-27(30(38)35(2)3)28(29)20-36-16-14-23(15-17-36)18-22-10-12-25(32)13-11-22/h4-13,19,23H,14-18,20H2,1-3H3,(H2,33,34,39). The second-order valence-electron chi connectivity index (χ2n) is 10.3. The molecule has 0 unspecified atom stereocenters. The number of carbonyl (C=O) groups excluding carboxylic acids is 3. The van der Waals surface area contributed by atoms with Gasteiger partial charge < -0.3 is 15.5 Å². The molecule has 0 saturated carbocycles. The summed E-state index contributed by atoms with van der Waals surface area (Å²) in [6, 6.07) is 18.4. The Hall–Kier alpha value is -4.04. The number of carbonyl (C=O) groups is 3. The minimum absolute atomic E-state index is 0.0855. The van der Waals surface area contributed by atoms with Crippen molar-refractivity contribution in [2.75, 3.05) is 37.8 Å². The van der Waals surface area contributed by atoms with Crippen LogP contribution in [0.1, 0.15) is 51.6 Å². The summed E-state index contributed by atoms with van der Waals surface area (Å²) in [7, 11) is 3.42. The van der Waals surface area contributed by atoms with Crippen molar-refractivity contribution in [1.29, 1.82) is 0 Å². The smallest absolute Gasteiger partial charge is 0.323 e. The van der Waals surface area contributed by atoms with E-state index >= 15 is 0 Å². The van der Waals surface area contributed by atoms with Gasteiger partial charge >= 0.3 is 6.03 Å². The van der Waals surface area contributed by atoms with E-state index in [1.54, 1.807) is 56.6 Å². The zero-order valence-electron chi connectivity index (χ0n) is 22.7. The molecule has 7 nitrogen and oxygen atoms in total. The van der Waals surface area contributed by atoms with Gasteiger partial charge in [0.25, 0.3) is 5.91 Å². The summed E-state index contributed by atoms with van der Waals surface area (Å²) in [6.45, 7) is 3.72. The lowest BCUT2D eigenvalue weighted by Gasteiger charge is -2.33. The molecule has 8 heteroatoms. The van der Waals surface area contributed by atoms with Crippen LogP contribution in [-0.4, -0.2) is 54.7 Å². The maximum atomic E-state index is 13.3. The Balaban J connectivity index is 1.47. The summed E-state index contributed by atoms with van der Waals surface area (Å²) in [6.07, 6.45) is 2.91. The van der Waals surface area contributed by atoms with Crippen LogP contribution in [0.2, 0.25) is 0 Å². The highest BCUT2D eigenvalue weighted by Gasteiger charge is 2.24. The van der Waals surface area contributed by atoms with Crippen molar-refractivity contribution in [3.63, 3.8) is 0 Å². The fourth-order valence-corrected chi connectivity index (χ4v) is 4.94. The molecule has 1 fully saturated rings. The lowest BCUT2D eigenvalue weighted by atomic mass is 9.90. The molecule has 3 aromatic carbocycles. The van der Waals surface area contributed by atoms with Crippen LogP contribution in [0, 0.1) is 11.7 Å². The Morgan fingerprint density at radius 2 is 1.64 bits per heavy atom. The van der Waals surface area contributed by atoms with Crippen molar-refractivity contribution in [1.82, 2.24) is 9.80 Å². The zero-order valence-corrected chi connectivity index (χ0v) is 22.7. The normalized spacial score (nSPS) is 14.1. The molecule has 1 aliphatic rings. The van der Waals surface area contributed by atoms with Crippen LogP contribution >= 0.6 is 0 Å². The van der Waals surface area contributed by atoms with Crippen molar-refractivity contribution in [2.24, 2.45) is 5.92 Å². The number of anilines is 2. The molecule has 204 valence electrons. The largest absolute Gasteiger partial charge is 0.345 e. The molecule has 0 aliphatic carbocycles. The van der Waals surface area contributed by atoms with E-state index in [2.05, 4.69) is 15.5 Å². The summed E-state index contributed by atoms with van der Waals surface area (Å²) in [5.41, 5.74) is 4.03. The molecule has 1 aliphatic heterocycles. The van der Waals surface area contributed by atoms with Gasteiger partial charge in [0.1, 0.15) is 5.82 Å². The number of piperidine rings is 1. The molecule has 1 heterocycles. The Kier molecular flexibility index (Phi) is 9.09. The van der Waals surface area contributed by atoms with Crippen LogP contribution in [0.4, 0.5) is 20.6 Å². The van der Waals surface area contributed by atoms with E-state index in [0.29, 0.717) is 35.0 Å². The Morgan fingerprint density at radius 1 is 0.949 bits per heavy atom. The van der Waals surface area contributed by atoms with Crippen molar-refractivity contribution in [3.05, 3.63) is 94.8 Å². The topological polar surface area (TPSA) is 81.8 Å². The molecule has 2 N–H and O–H groups in total. The molecule has 39 heavy (non-hydrogen) atoms. The average Bonchev–Trinajstić information content (AvgIpc) is 2.91. The SMILES string of the molecule is CC(=O)c1cccc(NC(=O)Nc2cccc(C(=O)N(C)C)c2CN2CCC(Cc3ccc(F)cc3)CC2)c1.